The van der Waals surface area contributed by atoms with Gasteiger partial charge in [0.25, 0.3) is 0 Å². The molecule has 1 heterocycles. The third kappa shape index (κ3) is 3.74. The highest BCUT2D eigenvalue weighted by molar-refractivity contribution is 9.10. The first-order valence-electron chi connectivity index (χ1n) is 6.18. The van der Waals surface area contributed by atoms with E-state index in [0.29, 0.717) is 20.9 Å². The van der Waals surface area contributed by atoms with Crippen molar-refractivity contribution < 1.29 is 14.6 Å². The molecule has 0 aliphatic rings. The third-order valence-corrected chi connectivity index (χ3v) is 3.92. The lowest BCUT2D eigenvalue weighted by molar-refractivity contribution is -0.138. The van der Waals surface area contributed by atoms with E-state index in [9.17, 15) is 9.90 Å². The summed E-state index contributed by atoms with van der Waals surface area (Å²) >= 11 is 9.17. The van der Waals surface area contributed by atoms with Crippen LogP contribution in [-0.2, 0) is 11.2 Å². The quantitative estimate of drug-likeness (QED) is 0.866. The van der Waals surface area contributed by atoms with E-state index in [-0.39, 0.29) is 6.42 Å². The van der Waals surface area contributed by atoms with Crippen LogP contribution in [0.1, 0.15) is 17.2 Å². The van der Waals surface area contributed by atoms with Gasteiger partial charge in [-0.25, -0.2) is 0 Å². The Hall–Kier alpha value is -1.59. The number of ether oxygens (including phenoxy) is 1. The molecule has 0 fully saturated rings. The summed E-state index contributed by atoms with van der Waals surface area (Å²) in [5, 5.41) is 9.96. The van der Waals surface area contributed by atoms with Crippen LogP contribution in [0.2, 0.25) is 5.02 Å². The topological polar surface area (TPSA) is 59.4 Å². The average molecular weight is 371 g/mol. The Morgan fingerprint density at radius 1 is 1.48 bits per heavy atom. The SMILES string of the molecule is COc1ccccc1CC(C(=O)O)c1ncc(Cl)cc1Br. The Balaban J connectivity index is 2.38. The number of carbonyl (C=O) groups is 1. The predicted molar refractivity (Wildman–Crippen MR) is 84.0 cm³/mol. The van der Waals surface area contributed by atoms with Crippen LogP contribution in [-0.4, -0.2) is 23.2 Å². The van der Waals surface area contributed by atoms with E-state index < -0.39 is 11.9 Å². The molecule has 0 amide bonds. The summed E-state index contributed by atoms with van der Waals surface area (Å²) in [5.74, 6) is -1.07. The largest absolute Gasteiger partial charge is 0.496 e. The first-order chi connectivity index (χ1) is 10.0. The minimum atomic E-state index is -0.948. The smallest absolute Gasteiger partial charge is 0.312 e. The molecule has 1 unspecified atom stereocenters. The van der Waals surface area contributed by atoms with Crippen LogP contribution in [0.25, 0.3) is 0 Å². The fraction of sp³-hybridized carbons (Fsp3) is 0.200. The van der Waals surface area contributed by atoms with Gasteiger partial charge < -0.3 is 9.84 Å². The number of para-hydroxylation sites is 1. The fourth-order valence-electron chi connectivity index (χ4n) is 2.07. The van der Waals surface area contributed by atoms with E-state index in [1.54, 1.807) is 19.2 Å². The number of nitrogens with zero attached hydrogens (tertiary/aromatic N) is 1. The molecule has 2 rings (SSSR count). The molecule has 0 aliphatic carbocycles. The number of carboxylic acid groups (broad SMARTS) is 1. The first kappa shape index (κ1) is 15.8. The average Bonchev–Trinajstić information content (AvgIpc) is 2.45. The van der Waals surface area contributed by atoms with E-state index >= 15 is 0 Å². The molecule has 0 saturated heterocycles. The second kappa shape index (κ2) is 6.91. The van der Waals surface area contributed by atoms with Crippen molar-refractivity contribution in [1.29, 1.82) is 0 Å². The maximum Gasteiger partial charge on any atom is 0.312 e. The number of carboxylic acids is 1. The van der Waals surface area contributed by atoms with Crippen molar-refractivity contribution in [2.45, 2.75) is 12.3 Å². The Morgan fingerprint density at radius 3 is 2.81 bits per heavy atom. The Morgan fingerprint density at radius 2 is 2.19 bits per heavy atom. The summed E-state index contributed by atoms with van der Waals surface area (Å²) in [6, 6.07) is 8.98. The molecule has 4 nitrogen and oxygen atoms in total. The van der Waals surface area contributed by atoms with Crippen LogP contribution in [0.3, 0.4) is 0 Å². The molecule has 0 aliphatic heterocycles. The summed E-state index contributed by atoms with van der Waals surface area (Å²) in [6.45, 7) is 0. The summed E-state index contributed by atoms with van der Waals surface area (Å²) in [5.41, 5.74) is 1.26. The van der Waals surface area contributed by atoms with Gasteiger partial charge in [0.05, 0.1) is 17.8 Å². The Labute approximate surface area is 135 Å². The molecule has 0 spiro atoms. The van der Waals surface area contributed by atoms with Crippen LogP contribution in [0, 0.1) is 0 Å². The van der Waals surface area contributed by atoms with Crippen molar-refractivity contribution in [3.05, 3.63) is 57.3 Å². The van der Waals surface area contributed by atoms with E-state index in [0.717, 1.165) is 5.56 Å². The molecular weight excluding hydrogens is 358 g/mol. The first-order valence-corrected chi connectivity index (χ1v) is 7.35. The zero-order valence-corrected chi connectivity index (χ0v) is 13.6. The number of pyridine rings is 1. The summed E-state index contributed by atoms with van der Waals surface area (Å²) in [7, 11) is 1.56. The van der Waals surface area contributed by atoms with Gasteiger partial charge in [-0.05, 0) is 40.0 Å². The van der Waals surface area contributed by atoms with Crippen LogP contribution < -0.4 is 4.74 Å². The minimum absolute atomic E-state index is 0.284. The lowest BCUT2D eigenvalue weighted by Crippen LogP contribution is -2.17. The van der Waals surface area contributed by atoms with E-state index in [1.165, 1.54) is 6.20 Å². The fourth-order valence-corrected chi connectivity index (χ4v) is 2.99. The van der Waals surface area contributed by atoms with E-state index in [4.69, 9.17) is 16.3 Å². The summed E-state index contributed by atoms with van der Waals surface area (Å²) < 4.78 is 5.85. The highest BCUT2D eigenvalue weighted by Crippen LogP contribution is 2.30. The van der Waals surface area contributed by atoms with Gasteiger partial charge >= 0.3 is 5.97 Å². The maximum absolute atomic E-state index is 11.6. The zero-order valence-electron chi connectivity index (χ0n) is 11.2. The lowest BCUT2D eigenvalue weighted by Gasteiger charge is -2.15. The number of hydrogen-bond donors (Lipinski definition) is 1. The van der Waals surface area contributed by atoms with Crippen molar-refractivity contribution in [2.24, 2.45) is 0 Å². The molecule has 1 aromatic heterocycles. The number of hydrogen-bond acceptors (Lipinski definition) is 3. The number of methoxy groups -OCH3 is 1. The van der Waals surface area contributed by atoms with Crippen LogP contribution >= 0.6 is 27.5 Å². The molecular formula is C15H13BrClNO3. The highest BCUT2D eigenvalue weighted by atomic mass is 79.9. The lowest BCUT2D eigenvalue weighted by atomic mass is 9.95. The Bertz CT molecular complexity index is 663. The van der Waals surface area contributed by atoms with Gasteiger partial charge in [0.15, 0.2) is 0 Å². The maximum atomic E-state index is 11.6. The van der Waals surface area contributed by atoms with Crippen molar-refractivity contribution in [1.82, 2.24) is 4.98 Å². The zero-order chi connectivity index (χ0) is 15.4. The summed E-state index contributed by atoms with van der Waals surface area (Å²) in [6.07, 6.45) is 1.73. The number of aromatic nitrogens is 1. The van der Waals surface area contributed by atoms with Crippen molar-refractivity contribution in [2.75, 3.05) is 7.11 Å². The van der Waals surface area contributed by atoms with Crippen molar-refractivity contribution in [3.63, 3.8) is 0 Å². The molecule has 110 valence electrons. The molecule has 0 saturated carbocycles. The highest BCUT2D eigenvalue weighted by Gasteiger charge is 2.25. The molecule has 6 heteroatoms. The van der Waals surface area contributed by atoms with Crippen LogP contribution in [0.4, 0.5) is 0 Å². The molecule has 21 heavy (non-hydrogen) atoms. The van der Waals surface area contributed by atoms with Gasteiger partial charge in [-0.1, -0.05) is 29.8 Å². The van der Waals surface area contributed by atoms with E-state index in [2.05, 4.69) is 20.9 Å². The standard InChI is InChI=1S/C15H13BrClNO3/c1-21-13-5-3-2-4-9(13)6-11(15(19)20)14-12(16)7-10(17)8-18-14/h2-5,7-8,11H,6H2,1H3,(H,19,20). The van der Waals surface area contributed by atoms with Gasteiger partial charge in [0, 0.05) is 10.7 Å². The van der Waals surface area contributed by atoms with Crippen LogP contribution in [0.5, 0.6) is 5.75 Å². The van der Waals surface area contributed by atoms with Gasteiger partial charge in [-0.15, -0.1) is 0 Å². The van der Waals surface area contributed by atoms with Crippen molar-refractivity contribution >= 4 is 33.5 Å². The number of aliphatic carboxylic acids is 1. The van der Waals surface area contributed by atoms with Crippen molar-refractivity contribution in [3.8, 4) is 5.75 Å². The Kier molecular flexibility index (Phi) is 5.20. The number of halogens is 2. The normalized spacial score (nSPS) is 12.0. The number of rotatable bonds is 5. The molecule has 0 bridgehead atoms. The molecule has 1 N–H and O–H groups in total. The molecule has 2 aromatic rings. The molecule has 1 atom stereocenters. The predicted octanol–water partition coefficient (Wildman–Crippen LogP) is 3.92. The third-order valence-electron chi connectivity index (χ3n) is 3.08. The van der Waals surface area contributed by atoms with E-state index in [1.807, 2.05) is 18.2 Å². The van der Waals surface area contributed by atoms with Crippen LogP contribution in [0.15, 0.2) is 41.0 Å². The molecule has 1 aromatic carbocycles. The second-order valence-electron chi connectivity index (χ2n) is 4.43. The monoisotopic (exact) mass is 369 g/mol. The molecule has 0 radical (unpaired) electrons. The summed E-state index contributed by atoms with van der Waals surface area (Å²) in [4.78, 5) is 15.8. The van der Waals surface area contributed by atoms with Gasteiger partial charge in [-0.3, -0.25) is 9.78 Å². The van der Waals surface area contributed by atoms with Gasteiger partial charge in [0.1, 0.15) is 11.7 Å². The van der Waals surface area contributed by atoms with Gasteiger partial charge in [-0.2, -0.15) is 0 Å². The second-order valence-corrected chi connectivity index (χ2v) is 5.72. The number of benzene rings is 1. The van der Waals surface area contributed by atoms with Gasteiger partial charge in [0.2, 0.25) is 0 Å². The minimum Gasteiger partial charge on any atom is -0.496 e.